The lowest BCUT2D eigenvalue weighted by molar-refractivity contribution is -0.142. The van der Waals surface area contributed by atoms with Crippen molar-refractivity contribution >= 4 is 5.97 Å². The number of ether oxygens (including phenoxy) is 2. The third kappa shape index (κ3) is 4.67. The van der Waals surface area contributed by atoms with Crippen molar-refractivity contribution < 1.29 is 23.8 Å². The minimum Gasteiger partial charge on any atom is -0.485 e. The number of rotatable bonds is 8. The first-order valence-electron chi connectivity index (χ1n) is 12.4. The smallest absolute Gasteiger partial charge is 0.306 e. The van der Waals surface area contributed by atoms with Gasteiger partial charge in [-0.2, -0.15) is 0 Å². The number of nitrogens with zero attached hydrogens (tertiary/aromatic N) is 1. The first-order valence-corrected chi connectivity index (χ1v) is 12.4. The first kappa shape index (κ1) is 24.3. The van der Waals surface area contributed by atoms with Crippen LogP contribution in [0.3, 0.4) is 0 Å². The number of halogens is 1. The van der Waals surface area contributed by atoms with Crippen molar-refractivity contribution in [1.29, 1.82) is 0 Å². The third-order valence-electron chi connectivity index (χ3n) is 7.53. The second kappa shape index (κ2) is 9.90. The van der Waals surface area contributed by atoms with Crippen LogP contribution in [-0.2, 0) is 17.8 Å². The van der Waals surface area contributed by atoms with Gasteiger partial charge in [-0.1, -0.05) is 37.3 Å². The van der Waals surface area contributed by atoms with Gasteiger partial charge < -0.3 is 20.3 Å². The Morgan fingerprint density at radius 3 is 2.69 bits per heavy atom. The SMILES string of the molecule is COc1cc(-c2ccc(C3CCc4ccc(C(C5CC5)[C@H](C)C(=O)O)cc4O3)cc2CN)c(F)cn1. The molecule has 0 saturated heterocycles. The lowest BCUT2D eigenvalue weighted by Crippen LogP contribution is -2.21. The Bertz CT molecular complexity index is 1290. The van der Waals surface area contributed by atoms with E-state index in [2.05, 4.69) is 17.1 Å². The van der Waals surface area contributed by atoms with Gasteiger partial charge in [-0.15, -0.1) is 0 Å². The topological polar surface area (TPSA) is 94.7 Å². The zero-order valence-electron chi connectivity index (χ0n) is 20.5. The zero-order valence-corrected chi connectivity index (χ0v) is 20.5. The Morgan fingerprint density at radius 2 is 2.00 bits per heavy atom. The molecule has 1 saturated carbocycles. The van der Waals surface area contributed by atoms with E-state index in [0.717, 1.165) is 59.9 Å². The molecule has 188 valence electrons. The van der Waals surface area contributed by atoms with E-state index >= 15 is 0 Å². The number of nitrogens with two attached hydrogens (primary N) is 1. The number of aromatic nitrogens is 1. The average molecular weight is 491 g/mol. The molecule has 0 bridgehead atoms. The lowest BCUT2D eigenvalue weighted by atomic mass is 9.82. The molecule has 0 amide bonds. The molecule has 1 fully saturated rings. The van der Waals surface area contributed by atoms with Crippen LogP contribution in [0, 0.1) is 17.7 Å². The maximum absolute atomic E-state index is 14.6. The maximum Gasteiger partial charge on any atom is 0.306 e. The fraction of sp³-hybridized carbons (Fsp3) is 0.379. The number of pyridine rings is 1. The van der Waals surface area contributed by atoms with E-state index in [9.17, 15) is 14.3 Å². The zero-order chi connectivity index (χ0) is 25.4. The molecule has 2 aromatic carbocycles. The van der Waals surface area contributed by atoms with Crippen LogP contribution in [0.4, 0.5) is 4.39 Å². The molecule has 2 aliphatic rings. The standard InChI is InChI=1S/C29H31FN2O4/c1-16(29(33)34)28(18-4-5-18)20-6-3-17-8-10-25(36-26(17)12-20)19-7-9-22(21(11-19)14-31)23-13-27(35-2)32-15-24(23)30/h3,6-7,9,11-13,15-16,18,25,28H,4-5,8,10,14,31H2,1-2H3,(H,33,34)/t16-,25?,28?/m0/s1. The van der Waals surface area contributed by atoms with Crippen molar-refractivity contribution in [1.82, 2.24) is 4.98 Å². The number of carboxylic acid groups (broad SMARTS) is 1. The summed E-state index contributed by atoms with van der Waals surface area (Å²) in [6.45, 7) is 2.04. The van der Waals surface area contributed by atoms with Gasteiger partial charge in [0.25, 0.3) is 0 Å². The summed E-state index contributed by atoms with van der Waals surface area (Å²) in [6.07, 6.45) is 4.80. The molecule has 2 unspecified atom stereocenters. The number of hydrogen-bond donors (Lipinski definition) is 2. The quantitative estimate of drug-likeness (QED) is 0.425. The molecule has 1 aromatic heterocycles. The van der Waals surface area contributed by atoms with Gasteiger partial charge in [-0.3, -0.25) is 4.79 Å². The molecular weight excluding hydrogens is 459 g/mol. The maximum atomic E-state index is 14.6. The van der Waals surface area contributed by atoms with Crippen LogP contribution in [0.1, 0.15) is 60.5 Å². The number of fused-ring (bicyclic) bond motifs is 1. The number of benzene rings is 2. The van der Waals surface area contributed by atoms with E-state index in [1.165, 1.54) is 7.11 Å². The van der Waals surface area contributed by atoms with Crippen LogP contribution in [0.25, 0.3) is 11.1 Å². The highest BCUT2D eigenvalue weighted by atomic mass is 19.1. The summed E-state index contributed by atoms with van der Waals surface area (Å²) in [5.74, 6) is -0.0803. The summed E-state index contributed by atoms with van der Waals surface area (Å²) < 4.78 is 26.2. The number of aliphatic carboxylic acids is 1. The van der Waals surface area contributed by atoms with Crippen molar-refractivity contribution in [3.8, 4) is 22.8 Å². The highest BCUT2D eigenvalue weighted by Crippen LogP contribution is 2.48. The van der Waals surface area contributed by atoms with Gasteiger partial charge in [0, 0.05) is 18.2 Å². The molecule has 5 rings (SSSR count). The molecule has 2 heterocycles. The Hall–Kier alpha value is -3.45. The van der Waals surface area contributed by atoms with Crippen LogP contribution >= 0.6 is 0 Å². The highest BCUT2D eigenvalue weighted by molar-refractivity contribution is 5.71. The number of carboxylic acids is 1. The van der Waals surface area contributed by atoms with Gasteiger partial charge in [0.05, 0.1) is 19.2 Å². The largest absolute Gasteiger partial charge is 0.485 e. The molecule has 0 spiro atoms. The number of hydrogen-bond acceptors (Lipinski definition) is 5. The van der Waals surface area contributed by atoms with Crippen LogP contribution in [0.2, 0.25) is 0 Å². The van der Waals surface area contributed by atoms with Gasteiger partial charge in [-0.05, 0) is 71.4 Å². The molecule has 0 radical (unpaired) electrons. The van der Waals surface area contributed by atoms with Gasteiger partial charge in [0.1, 0.15) is 17.7 Å². The van der Waals surface area contributed by atoms with Gasteiger partial charge in [0.2, 0.25) is 5.88 Å². The molecule has 1 aliphatic carbocycles. The predicted octanol–water partition coefficient (Wildman–Crippen LogP) is 5.64. The van der Waals surface area contributed by atoms with E-state index in [1.807, 2.05) is 24.3 Å². The average Bonchev–Trinajstić information content (AvgIpc) is 3.73. The summed E-state index contributed by atoms with van der Waals surface area (Å²) in [5, 5.41) is 9.64. The Balaban J connectivity index is 1.43. The van der Waals surface area contributed by atoms with Crippen molar-refractivity contribution in [2.45, 2.75) is 51.2 Å². The summed E-state index contributed by atoms with van der Waals surface area (Å²) >= 11 is 0. The van der Waals surface area contributed by atoms with Crippen molar-refractivity contribution in [2.24, 2.45) is 17.6 Å². The molecule has 3 N–H and O–H groups in total. The van der Waals surface area contributed by atoms with Crippen molar-refractivity contribution in [3.63, 3.8) is 0 Å². The highest BCUT2D eigenvalue weighted by Gasteiger charge is 2.39. The molecule has 3 atom stereocenters. The molecule has 6 nitrogen and oxygen atoms in total. The van der Waals surface area contributed by atoms with Crippen molar-refractivity contribution in [3.05, 3.63) is 76.7 Å². The Labute approximate surface area is 210 Å². The van der Waals surface area contributed by atoms with Gasteiger partial charge in [-0.25, -0.2) is 9.37 Å². The normalized spacial score (nSPS) is 18.6. The number of aryl methyl sites for hydroxylation is 1. The Kier molecular flexibility index (Phi) is 6.67. The van der Waals surface area contributed by atoms with Crippen LogP contribution < -0.4 is 15.2 Å². The first-order chi connectivity index (χ1) is 17.4. The number of carbonyl (C=O) groups is 1. The Morgan fingerprint density at radius 1 is 1.19 bits per heavy atom. The van der Waals surface area contributed by atoms with E-state index in [-0.39, 0.29) is 18.6 Å². The fourth-order valence-electron chi connectivity index (χ4n) is 5.39. The predicted molar refractivity (Wildman–Crippen MR) is 134 cm³/mol. The van der Waals surface area contributed by atoms with Crippen LogP contribution in [-0.4, -0.2) is 23.2 Å². The minimum absolute atomic E-state index is 0.00727. The molecule has 3 aromatic rings. The fourth-order valence-corrected chi connectivity index (χ4v) is 5.39. The second-order valence-corrected chi connectivity index (χ2v) is 9.83. The summed E-state index contributed by atoms with van der Waals surface area (Å²) in [5.41, 5.74) is 11.1. The molecule has 36 heavy (non-hydrogen) atoms. The minimum atomic E-state index is -0.763. The second-order valence-electron chi connectivity index (χ2n) is 9.83. The van der Waals surface area contributed by atoms with E-state index in [0.29, 0.717) is 22.9 Å². The molecule has 1 aliphatic heterocycles. The summed E-state index contributed by atoms with van der Waals surface area (Å²) in [4.78, 5) is 15.7. The summed E-state index contributed by atoms with van der Waals surface area (Å²) in [6, 6.07) is 13.6. The van der Waals surface area contributed by atoms with Crippen LogP contribution in [0.5, 0.6) is 11.6 Å². The van der Waals surface area contributed by atoms with E-state index < -0.39 is 17.7 Å². The van der Waals surface area contributed by atoms with Crippen molar-refractivity contribution in [2.75, 3.05) is 7.11 Å². The lowest BCUT2D eigenvalue weighted by Gasteiger charge is -2.29. The summed E-state index contributed by atoms with van der Waals surface area (Å²) in [7, 11) is 1.50. The molecule has 7 heteroatoms. The molecular formula is C29H31FN2O4. The van der Waals surface area contributed by atoms with Gasteiger partial charge >= 0.3 is 5.97 Å². The monoisotopic (exact) mass is 490 g/mol. The van der Waals surface area contributed by atoms with Crippen LogP contribution in [0.15, 0.2) is 48.7 Å². The van der Waals surface area contributed by atoms with E-state index in [4.69, 9.17) is 15.2 Å². The number of methoxy groups -OCH3 is 1. The van der Waals surface area contributed by atoms with Gasteiger partial charge in [0.15, 0.2) is 0 Å². The third-order valence-corrected chi connectivity index (χ3v) is 7.53. The van der Waals surface area contributed by atoms with E-state index in [1.54, 1.807) is 13.0 Å².